The molecule has 1 aromatic heterocycles. The second-order valence-corrected chi connectivity index (χ2v) is 9.85. The fourth-order valence-corrected chi connectivity index (χ4v) is 5.22. The lowest BCUT2D eigenvalue weighted by Crippen LogP contribution is -2.27. The Balaban J connectivity index is 1.84. The van der Waals surface area contributed by atoms with E-state index in [-0.39, 0.29) is 16.0 Å². The Morgan fingerprint density at radius 2 is 2.07 bits per heavy atom. The molecule has 7 heteroatoms. The van der Waals surface area contributed by atoms with Gasteiger partial charge in [0, 0.05) is 16.5 Å². The maximum Gasteiger partial charge on any atom is 0.251 e. The molecule has 0 saturated heterocycles. The van der Waals surface area contributed by atoms with Crippen molar-refractivity contribution in [2.75, 3.05) is 5.32 Å². The van der Waals surface area contributed by atoms with Crippen LogP contribution in [0.2, 0.25) is 5.02 Å². The number of fused-ring (bicyclic) bond motifs is 1. The zero-order chi connectivity index (χ0) is 21.3. The minimum atomic E-state index is -0.548. The fraction of sp³-hybridized carbons (Fsp3) is 0.364. The molecule has 3 rings (SSSR count). The van der Waals surface area contributed by atoms with Crippen LogP contribution in [0.5, 0.6) is 0 Å². The van der Waals surface area contributed by atoms with Gasteiger partial charge in [0.05, 0.1) is 10.6 Å². The predicted octanol–water partition coefficient (Wildman–Crippen LogP) is 5.44. The van der Waals surface area contributed by atoms with E-state index in [1.807, 2.05) is 0 Å². The Bertz CT molecular complexity index is 971. The van der Waals surface area contributed by atoms with Gasteiger partial charge in [-0.3, -0.25) is 9.59 Å². The Labute approximate surface area is 178 Å². The van der Waals surface area contributed by atoms with Gasteiger partial charge in [-0.25, -0.2) is 4.39 Å². The molecule has 4 nitrogen and oxygen atoms in total. The number of amides is 2. The van der Waals surface area contributed by atoms with Gasteiger partial charge in [-0.2, -0.15) is 0 Å². The van der Waals surface area contributed by atoms with Crippen molar-refractivity contribution in [1.82, 2.24) is 0 Å². The predicted molar refractivity (Wildman–Crippen MR) is 117 cm³/mol. The molecular weight excluding hydrogens is 411 g/mol. The summed E-state index contributed by atoms with van der Waals surface area (Å²) in [5.41, 5.74) is 7.25. The number of hydrogen-bond acceptors (Lipinski definition) is 3. The number of rotatable bonds is 4. The van der Waals surface area contributed by atoms with Crippen LogP contribution in [0.25, 0.3) is 6.08 Å². The fourth-order valence-electron chi connectivity index (χ4n) is 3.66. The number of nitrogens with one attached hydrogen (secondary N) is 1. The molecule has 0 radical (unpaired) electrons. The van der Waals surface area contributed by atoms with Crippen LogP contribution in [0.4, 0.5) is 9.39 Å². The summed E-state index contributed by atoms with van der Waals surface area (Å²) in [7, 11) is 0. The third-order valence-electron chi connectivity index (χ3n) is 5.37. The standard InChI is InChI=1S/C22H24ClFN2O2S/c1-22(2,3)12-7-8-14-17(11-12)29-21(19(14)20(25)28)26-18(27)10-9-13-15(23)5-4-6-16(13)24/h4-6,9-10,12H,7-8,11H2,1-3H3,(H2,25,28)(H,26,27)/b10-9+. The third kappa shape index (κ3) is 4.70. The van der Waals surface area contributed by atoms with Crippen molar-refractivity contribution in [3.8, 4) is 0 Å². The topological polar surface area (TPSA) is 72.2 Å². The van der Waals surface area contributed by atoms with Crippen LogP contribution < -0.4 is 11.1 Å². The number of primary amides is 1. The Hall–Kier alpha value is -2.18. The van der Waals surface area contributed by atoms with Gasteiger partial charge in [0.2, 0.25) is 5.91 Å². The van der Waals surface area contributed by atoms with Gasteiger partial charge in [-0.1, -0.05) is 38.4 Å². The van der Waals surface area contributed by atoms with E-state index in [0.29, 0.717) is 16.5 Å². The van der Waals surface area contributed by atoms with Gasteiger partial charge >= 0.3 is 0 Å². The number of hydrogen-bond donors (Lipinski definition) is 2. The molecule has 154 valence electrons. The highest BCUT2D eigenvalue weighted by Crippen LogP contribution is 2.44. The minimum absolute atomic E-state index is 0.137. The van der Waals surface area contributed by atoms with Gasteiger partial charge in [0.15, 0.2) is 0 Å². The molecule has 0 aliphatic heterocycles. The van der Waals surface area contributed by atoms with Gasteiger partial charge in [-0.05, 0) is 54.4 Å². The van der Waals surface area contributed by atoms with Crippen LogP contribution in [-0.4, -0.2) is 11.8 Å². The number of halogens is 2. The van der Waals surface area contributed by atoms with Crippen molar-refractivity contribution >= 4 is 45.8 Å². The molecule has 0 fully saturated rings. The number of nitrogens with two attached hydrogens (primary N) is 1. The smallest absolute Gasteiger partial charge is 0.251 e. The average molecular weight is 435 g/mol. The van der Waals surface area contributed by atoms with E-state index in [1.165, 1.54) is 35.6 Å². The molecule has 1 atom stereocenters. The second-order valence-electron chi connectivity index (χ2n) is 8.34. The molecule has 0 saturated carbocycles. The Morgan fingerprint density at radius 1 is 1.34 bits per heavy atom. The van der Waals surface area contributed by atoms with E-state index in [2.05, 4.69) is 26.1 Å². The summed E-state index contributed by atoms with van der Waals surface area (Å²) in [5, 5.41) is 3.40. The average Bonchev–Trinajstić information content (AvgIpc) is 2.97. The van der Waals surface area contributed by atoms with E-state index < -0.39 is 17.6 Å². The maximum atomic E-state index is 13.9. The first-order chi connectivity index (χ1) is 13.6. The molecule has 0 bridgehead atoms. The van der Waals surface area contributed by atoms with Crippen molar-refractivity contribution in [2.45, 2.75) is 40.0 Å². The molecule has 2 amide bonds. The van der Waals surface area contributed by atoms with Crippen molar-refractivity contribution in [3.63, 3.8) is 0 Å². The van der Waals surface area contributed by atoms with Gasteiger partial charge < -0.3 is 11.1 Å². The maximum absolute atomic E-state index is 13.9. The summed E-state index contributed by atoms with van der Waals surface area (Å²) in [4.78, 5) is 25.6. The van der Waals surface area contributed by atoms with Crippen LogP contribution in [0.1, 0.15) is 53.6 Å². The molecule has 1 unspecified atom stereocenters. The first kappa shape index (κ1) is 21.5. The third-order valence-corrected chi connectivity index (χ3v) is 6.87. The van der Waals surface area contributed by atoms with Crippen molar-refractivity contribution in [2.24, 2.45) is 17.1 Å². The normalized spacial score (nSPS) is 16.7. The number of carbonyl (C=O) groups is 2. The van der Waals surface area contributed by atoms with Crippen molar-refractivity contribution in [3.05, 3.63) is 56.7 Å². The van der Waals surface area contributed by atoms with Crippen LogP contribution in [0.15, 0.2) is 24.3 Å². The summed E-state index contributed by atoms with van der Waals surface area (Å²) in [6, 6.07) is 4.31. The van der Waals surface area contributed by atoms with Crippen LogP contribution >= 0.6 is 22.9 Å². The molecule has 0 spiro atoms. The molecular formula is C22H24ClFN2O2S. The molecule has 2 aromatic rings. The lowest BCUT2D eigenvalue weighted by Gasteiger charge is -2.33. The molecule has 1 aromatic carbocycles. The lowest BCUT2D eigenvalue weighted by atomic mass is 9.72. The molecule has 1 heterocycles. The summed E-state index contributed by atoms with van der Waals surface area (Å²) in [5.74, 6) is -1.04. The zero-order valence-corrected chi connectivity index (χ0v) is 18.2. The summed E-state index contributed by atoms with van der Waals surface area (Å²) in [6.45, 7) is 6.64. The first-order valence-electron chi connectivity index (χ1n) is 9.45. The monoisotopic (exact) mass is 434 g/mol. The number of thiophene rings is 1. The quantitative estimate of drug-likeness (QED) is 0.628. The number of carbonyl (C=O) groups excluding carboxylic acids is 2. The summed E-state index contributed by atoms with van der Waals surface area (Å²) in [6.07, 6.45) is 5.13. The summed E-state index contributed by atoms with van der Waals surface area (Å²) >= 11 is 7.38. The Morgan fingerprint density at radius 3 is 2.69 bits per heavy atom. The van der Waals surface area contributed by atoms with E-state index in [4.69, 9.17) is 17.3 Å². The van der Waals surface area contributed by atoms with Crippen molar-refractivity contribution in [1.29, 1.82) is 0 Å². The minimum Gasteiger partial charge on any atom is -0.365 e. The van der Waals surface area contributed by atoms with Crippen LogP contribution in [0, 0.1) is 17.2 Å². The lowest BCUT2D eigenvalue weighted by molar-refractivity contribution is -0.111. The molecule has 1 aliphatic rings. The highest BCUT2D eigenvalue weighted by molar-refractivity contribution is 7.17. The Kier molecular flexibility index (Phi) is 6.15. The zero-order valence-electron chi connectivity index (χ0n) is 16.6. The van der Waals surface area contributed by atoms with Gasteiger partial charge in [0.25, 0.3) is 5.91 Å². The number of anilines is 1. The molecule has 3 N–H and O–H groups in total. The van der Waals surface area contributed by atoms with Crippen molar-refractivity contribution < 1.29 is 14.0 Å². The van der Waals surface area contributed by atoms with E-state index >= 15 is 0 Å². The SMILES string of the molecule is CC(C)(C)C1CCc2c(sc(NC(=O)/C=C/c3c(F)cccc3Cl)c2C(N)=O)C1. The molecule has 29 heavy (non-hydrogen) atoms. The van der Waals surface area contributed by atoms with E-state index in [0.717, 1.165) is 29.7 Å². The van der Waals surface area contributed by atoms with Crippen LogP contribution in [-0.2, 0) is 17.6 Å². The second kappa shape index (κ2) is 8.28. The summed E-state index contributed by atoms with van der Waals surface area (Å²) < 4.78 is 13.9. The van der Waals surface area contributed by atoms with Gasteiger partial charge in [-0.15, -0.1) is 11.3 Å². The largest absolute Gasteiger partial charge is 0.365 e. The van der Waals surface area contributed by atoms with Gasteiger partial charge in [0.1, 0.15) is 10.8 Å². The molecule has 1 aliphatic carbocycles. The van der Waals surface area contributed by atoms with Crippen LogP contribution in [0.3, 0.4) is 0 Å². The van der Waals surface area contributed by atoms with E-state index in [9.17, 15) is 14.0 Å². The van der Waals surface area contributed by atoms with E-state index in [1.54, 1.807) is 6.07 Å². The highest BCUT2D eigenvalue weighted by Gasteiger charge is 2.33. The number of benzene rings is 1. The first-order valence-corrected chi connectivity index (χ1v) is 10.6. The highest BCUT2D eigenvalue weighted by atomic mass is 35.5.